The molecule has 3 saturated heterocycles. The van der Waals surface area contributed by atoms with E-state index in [2.05, 4.69) is 22.6 Å². The number of piperazine rings is 1. The highest BCUT2D eigenvalue weighted by molar-refractivity contribution is 5.91. The number of fused-ring (bicyclic) bond motifs is 2. The third-order valence-electron chi connectivity index (χ3n) is 6.47. The fourth-order valence-corrected chi connectivity index (χ4v) is 4.92. The third kappa shape index (κ3) is 4.92. The van der Waals surface area contributed by atoms with E-state index in [1.165, 1.54) is 12.8 Å². The fourth-order valence-electron chi connectivity index (χ4n) is 4.92. The number of carbonyl (C=O) groups excluding carboxylic acids is 2. The Balaban J connectivity index is 1.28. The van der Waals surface area contributed by atoms with Gasteiger partial charge in [-0.25, -0.2) is 0 Å². The quantitative estimate of drug-likeness (QED) is 0.813. The average Bonchev–Trinajstić information content (AvgIpc) is 3.00. The predicted molar refractivity (Wildman–Crippen MR) is 110 cm³/mol. The molecule has 2 atom stereocenters. The third-order valence-corrected chi connectivity index (χ3v) is 6.47. The minimum atomic E-state index is 0.0915. The van der Waals surface area contributed by atoms with Gasteiger partial charge in [-0.2, -0.15) is 0 Å². The molecular weight excluding hydrogens is 352 g/mol. The van der Waals surface area contributed by atoms with Crippen molar-refractivity contribution in [1.82, 2.24) is 15.1 Å². The zero-order valence-corrected chi connectivity index (χ0v) is 16.8. The van der Waals surface area contributed by atoms with E-state index < -0.39 is 0 Å². The van der Waals surface area contributed by atoms with E-state index >= 15 is 0 Å². The number of hydrogen-bond donors (Lipinski definition) is 2. The molecule has 0 saturated carbocycles. The summed E-state index contributed by atoms with van der Waals surface area (Å²) in [5.41, 5.74) is 1.76. The maximum atomic E-state index is 12.6. The molecule has 28 heavy (non-hydrogen) atoms. The predicted octanol–water partition coefficient (Wildman–Crippen LogP) is 1.86. The Labute approximate surface area is 167 Å². The number of hydrogen-bond acceptors (Lipinski definition) is 4. The van der Waals surface area contributed by atoms with Crippen LogP contribution in [0, 0.1) is 5.92 Å². The number of piperidine rings is 1. The number of nitrogens with one attached hydrogen (secondary N) is 2. The van der Waals surface area contributed by atoms with Crippen molar-refractivity contribution in [2.24, 2.45) is 5.92 Å². The Kier molecular flexibility index (Phi) is 5.97. The van der Waals surface area contributed by atoms with E-state index in [0.29, 0.717) is 30.8 Å². The Hall–Kier alpha value is -1.92. The van der Waals surface area contributed by atoms with Crippen LogP contribution in [-0.2, 0) is 16.0 Å². The van der Waals surface area contributed by atoms with E-state index in [1.54, 1.807) is 0 Å². The largest absolute Gasteiger partial charge is 0.340 e. The lowest BCUT2D eigenvalue weighted by Crippen LogP contribution is -2.47. The number of benzene rings is 1. The summed E-state index contributed by atoms with van der Waals surface area (Å²) in [7, 11) is 2.09. The van der Waals surface area contributed by atoms with E-state index in [-0.39, 0.29) is 11.8 Å². The van der Waals surface area contributed by atoms with E-state index in [9.17, 15) is 9.59 Å². The molecule has 2 bridgehead atoms. The second-order valence-electron chi connectivity index (χ2n) is 8.79. The molecule has 4 rings (SSSR count). The Morgan fingerprint density at radius 1 is 1.11 bits per heavy atom. The fraction of sp³-hybridized carbons (Fsp3) is 0.636. The normalized spacial score (nSPS) is 27.6. The summed E-state index contributed by atoms with van der Waals surface area (Å²) in [5, 5.41) is 6.68. The van der Waals surface area contributed by atoms with Gasteiger partial charge in [0.15, 0.2) is 0 Å². The number of rotatable bonds is 5. The second-order valence-corrected chi connectivity index (χ2v) is 8.79. The van der Waals surface area contributed by atoms with Crippen LogP contribution in [0.4, 0.5) is 5.69 Å². The lowest BCUT2D eigenvalue weighted by molar-refractivity contribution is -0.132. The average molecular weight is 385 g/mol. The molecule has 1 aromatic carbocycles. The number of nitrogens with zero attached hydrogens (tertiary/aromatic N) is 2. The van der Waals surface area contributed by atoms with Gasteiger partial charge < -0.3 is 20.4 Å². The zero-order valence-electron chi connectivity index (χ0n) is 16.8. The van der Waals surface area contributed by atoms with Crippen LogP contribution in [-0.4, -0.2) is 66.9 Å². The molecule has 3 aliphatic rings. The van der Waals surface area contributed by atoms with Crippen molar-refractivity contribution >= 4 is 17.5 Å². The summed E-state index contributed by atoms with van der Waals surface area (Å²) in [4.78, 5) is 29.3. The van der Waals surface area contributed by atoms with Crippen molar-refractivity contribution < 1.29 is 9.59 Å². The molecule has 0 aliphatic carbocycles. The lowest BCUT2D eigenvalue weighted by atomic mass is 9.89. The summed E-state index contributed by atoms with van der Waals surface area (Å²) in [5.74, 6) is 0.747. The van der Waals surface area contributed by atoms with Crippen molar-refractivity contribution in [2.45, 2.75) is 50.6 Å². The molecule has 0 radical (unpaired) electrons. The molecular formula is C22H32N4O2. The first-order valence-corrected chi connectivity index (χ1v) is 10.7. The molecule has 6 heteroatoms. The maximum Gasteiger partial charge on any atom is 0.227 e. The van der Waals surface area contributed by atoms with Crippen LogP contribution in [0.15, 0.2) is 24.3 Å². The molecule has 1 aromatic rings. The van der Waals surface area contributed by atoms with Crippen molar-refractivity contribution in [3.05, 3.63) is 29.8 Å². The summed E-state index contributed by atoms with van der Waals surface area (Å²) >= 11 is 0. The van der Waals surface area contributed by atoms with Gasteiger partial charge in [-0.1, -0.05) is 12.1 Å². The van der Waals surface area contributed by atoms with Gasteiger partial charge >= 0.3 is 0 Å². The highest BCUT2D eigenvalue weighted by Crippen LogP contribution is 2.32. The number of likely N-dealkylation sites (N-methyl/N-ethyl adjacent to an activating group) is 1. The number of amides is 2. The summed E-state index contributed by atoms with van der Waals surface area (Å²) in [6, 6.07) is 8.97. The first-order valence-electron chi connectivity index (χ1n) is 10.7. The Morgan fingerprint density at radius 2 is 1.82 bits per heavy atom. The van der Waals surface area contributed by atoms with Crippen LogP contribution < -0.4 is 10.6 Å². The second kappa shape index (κ2) is 8.62. The molecule has 2 amide bonds. The molecule has 152 valence electrons. The van der Waals surface area contributed by atoms with Gasteiger partial charge in [-0.05, 0) is 56.3 Å². The summed E-state index contributed by atoms with van der Waals surface area (Å²) in [6.07, 6.45) is 5.73. The standard InChI is InChI=1S/C22H32N4O2/c1-25-7-9-26(10-8-25)22(28)15-16-3-2-4-18(11-16)24-21(27)14-17-12-19-5-6-20(13-17)23-19/h2-4,11,17,19-20,23H,5-10,12-15H2,1H3,(H,24,27). The molecule has 0 aromatic heterocycles. The van der Waals surface area contributed by atoms with Crippen LogP contribution >= 0.6 is 0 Å². The van der Waals surface area contributed by atoms with Crippen molar-refractivity contribution in [3.8, 4) is 0 Å². The highest BCUT2D eigenvalue weighted by Gasteiger charge is 2.34. The minimum Gasteiger partial charge on any atom is -0.340 e. The van der Waals surface area contributed by atoms with Crippen LogP contribution in [0.25, 0.3) is 0 Å². The number of carbonyl (C=O) groups is 2. The molecule has 3 heterocycles. The smallest absolute Gasteiger partial charge is 0.227 e. The minimum absolute atomic E-state index is 0.0915. The van der Waals surface area contributed by atoms with E-state index in [1.807, 2.05) is 29.2 Å². The van der Waals surface area contributed by atoms with Gasteiger partial charge in [0.1, 0.15) is 0 Å². The molecule has 3 aliphatic heterocycles. The summed E-state index contributed by atoms with van der Waals surface area (Å²) in [6.45, 7) is 3.45. The van der Waals surface area contributed by atoms with Gasteiger partial charge in [0, 0.05) is 50.4 Å². The monoisotopic (exact) mass is 384 g/mol. The molecule has 3 fully saturated rings. The molecule has 0 spiro atoms. The maximum absolute atomic E-state index is 12.6. The molecule has 2 unspecified atom stereocenters. The SMILES string of the molecule is CN1CCN(C(=O)Cc2cccc(NC(=O)CC3CC4CCC(C3)N4)c2)CC1. The van der Waals surface area contributed by atoms with Crippen LogP contribution in [0.2, 0.25) is 0 Å². The van der Waals surface area contributed by atoms with Crippen molar-refractivity contribution in [2.75, 3.05) is 38.5 Å². The van der Waals surface area contributed by atoms with E-state index in [4.69, 9.17) is 0 Å². The van der Waals surface area contributed by atoms with Gasteiger partial charge in [0.05, 0.1) is 6.42 Å². The van der Waals surface area contributed by atoms with Gasteiger partial charge in [-0.15, -0.1) is 0 Å². The topological polar surface area (TPSA) is 64.7 Å². The van der Waals surface area contributed by atoms with Crippen LogP contribution in [0.1, 0.15) is 37.7 Å². The van der Waals surface area contributed by atoms with E-state index in [0.717, 1.165) is 50.3 Å². The van der Waals surface area contributed by atoms with Gasteiger partial charge in [-0.3, -0.25) is 9.59 Å². The molecule has 2 N–H and O–H groups in total. The first-order chi connectivity index (χ1) is 13.5. The Bertz CT molecular complexity index is 702. The van der Waals surface area contributed by atoms with Crippen LogP contribution in [0.3, 0.4) is 0 Å². The van der Waals surface area contributed by atoms with Crippen LogP contribution in [0.5, 0.6) is 0 Å². The van der Waals surface area contributed by atoms with Gasteiger partial charge in [0.2, 0.25) is 11.8 Å². The zero-order chi connectivity index (χ0) is 19.5. The lowest BCUT2D eigenvalue weighted by Gasteiger charge is -2.32. The van der Waals surface area contributed by atoms with Gasteiger partial charge in [0.25, 0.3) is 0 Å². The molecule has 6 nitrogen and oxygen atoms in total. The summed E-state index contributed by atoms with van der Waals surface area (Å²) < 4.78 is 0. The Morgan fingerprint density at radius 3 is 2.54 bits per heavy atom. The highest BCUT2D eigenvalue weighted by atomic mass is 16.2. The first kappa shape index (κ1) is 19.4. The number of anilines is 1. The van der Waals surface area contributed by atoms with Crippen molar-refractivity contribution in [3.63, 3.8) is 0 Å². The van der Waals surface area contributed by atoms with Crippen molar-refractivity contribution in [1.29, 1.82) is 0 Å².